The van der Waals surface area contributed by atoms with Crippen molar-refractivity contribution in [2.24, 2.45) is 7.05 Å². The molecule has 0 aliphatic carbocycles. The van der Waals surface area contributed by atoms with Gasteiger partial charge in [-0.3, -0.25) is 14.2 Å². The smallest absolute Gasteiger partial charge is 0.259 e. The van der Waals surface area contributed by atoms with Gasteiger partial charge in [-0.25, -0.2) is 0 Å². The summed E-state index contributed by atoms with van der Waals surface area (Å²) in [5.41, 5.74) is 4.06. The van der Waals surface area contributed by atoms with E-state index in [1.165, 1.54) is 0 Å². The topological polar surface area (TPSA) is 64.7 Å². The van der Waals surface area contributed by atoms with Crippen LogP contribution in [0.4, 0.5) is 5.69 Å². The number of amides is 1. The van der Waals surface area contributed by atoms with Gasteiger partial charge in [0.05, 0.1) is 17.8 Å². The van der Waals surface area contributed by atoms with Gasteiger partial charge in [-0.05, 0) is 37.6 Å². The number of nitrogens with one attached hydrogen (secondary N) is 1. The Morgan fingerprint density at radius 2 is 2.09 bits per heavy atom. The minimum absolute atomic E-state index is 0.135. The van der Waals surface area contributed by atoms with Crippen LogP contribution in [0, 0.1) is 13.8 Å². The first-order chi connectivity index (χ1) is 11.0. The van der Waals surface area contributed by atoms with E-state index in [-0.39, 0.29) is 5.91 Å². The number of nitrogens with zero attached hydrogens (tertiary/aromatic N) is 4. The van der Waals surface area contributed by atoms with E-state index >= 15 is 0 Å². The Labute approximate surface area is 134 Å². The van der Waals surface area contributed by atoms with Gasteiger partial charge in [-0.15, -0.1) is 0 Å². The van der Waals surface area contributed by atoms with Gasteiger partial charge in [0, 0.05) is 30.8 Å². The monoisotopic (exact) mass is 309 g/mol. The molecule has 0 spiro atoms. The van der Waals surface area contributed by atoms with Crippen LogP contribution in [-0.4, -0.2) is 25.5 Å². The summed E-state index contributed by atoms with van der Waals surface area (Å²) in [5.74, 6) is -0.135. The number of aromatic nitrogens is 4. The average molecular weight is 309 g/mol. The van der Waals surface area contributed by atoms with E-state index in [0.717, 1.165) is 22.6 Å². The number of aryl methyl sites for hydroxylation is 2. The molecule has 0 aliphatic rings. The first-order valence-electron chi connectivity index (χ1n) is 7.42. The normalized spacial score (nSPS) is 10.7. The number of benzene rings is 1. The van der Waals surface area contributed by atoms with Gasteiger partial charge >= 0.3 is 0 Å². The molecule has 1 amide bonds. The minimum atomic E-state index is -0.135. The van der Waals surface area contributed by atoms with Gasteiger partial charge in [0.2, 0.25) is 0 Å². The highest BCUT2D eigenvalue weighted by atomic mass is 16.1. The van der Waals surface area contributed by atoms with E-state index in [4.69, 9.17) is 0 Å². The predicted octanol–water partition coefficient (Wildman–Crippen LogP) is 2.53. The number of anilines is 1. The third-order valence-corrected chi connectivity index (χ3v) is 3.82. The van der Waals surface area contributed by atoms with Gasteiger partial charge in [-0.1, -0.05) is 12.1 Å². The van der Waals surface area contributed by atoms with Crippen LogP contribution >= 0.6 is 0 Å². The lowest BCUT2D eigenvalue weighted by Crippen LogP contribution is -2.14. The van der Waals surface area contributed by atoms with E-state index in [0.29, 0.717) is 12.1 Å². The van der Waals surface area contributed by atoms with Crippen molar-refractivity contribution >= 4 is 11.6 Å². The summed E-state index contributed by atoms with van der Waals surface area (Å²) in [6, 6.07) is 9.67. The molecule has 118 valence electrons. The minimum Gasteiger partial charge on any atom is -0.322 e. The molecule has 0 saturated carbocycles. The van der Waals surface area contributed by atoms with Crippen molar-refractivity contribution in [3.8, 4) is 0 Å². The molecule has 0 fully saturated rings. The van der Waals surface area contributed by atoms with Gasteiger partial charge < -0.3 is 5.32 Å². The summed E-state index contributed by atoms with van der Waals surface area (Å²) < 4.78 is 3.56. The average Bonchev–Trinajstić information content (AvgIpc) is 3.08. The number of hydrogen-bond donors (Lipinski definition) is 1. The van der Waals surface area contributed by atoms with Crippen LogP contribution in [0.15, 0.2) is 42.7 Å². The Bertz CT molecular complexity index is 833. The Balaban J connectivity index is 1.78. The van der Waals surface area contributed by atoms with E-state index in [1.54, 1.807) is 10.9 Å². The van der Waals surface area contributed by atoms with Gasteiger partial charge in [0.1, 0.15) is 0 Å². The molecule has 23 heavy (non-hydrogen) atoms. The third-order valence-electron chi connectivity index (χ3n) is 3.82. The molecule has 2 aromatic heterocycles. The molecule has 0 unspecified atom stereocenters. The zero-order chi connectivity index (χ0) is 16.4. The number of rotatable bonds is 4. The van der Waals surface area contributed by atoms with Crippen LogP contribution in [0.3, 0.4) is 0 Å². The summed E-state index contributed by atoms with van der Waals surface area (Å²) in [7, 11) is 1.84. The molecule has 3 aromatic rings. The summed E-state index contributed by atoms with van der Waals surface area (Å²) in [6.07, 6.45) is 3.66. The Hall–Kier alpha value is -2.89. The van der Waals surface area contributed by atoms with Crippen molar-refractivity contribution in [3.05, 3.63) is 65.2 Å². The summed E-state index contributed by atoms with van der Waals surface area (Å²) in [6.45, 7) is 4.40. The fraction of sp³-hybridized carbons (Fsp3) is 0.235. The third kappa shape index (κ3) is 3.15. The molecular formula is C17H19N5O. The highest BCUT2D eigenvalue weighted by molar-refractivity contribution is 6.05. The lowest BCUT2D eigenvalue weighted by Gasteiger charge is -2.08. The Morgan fingerprint density at radius 3 is 2.74 bits per heavy atom. The highest BCUT2D eigenvalue weighted by Gasteiger charge is 2.17. The fourth-order valence-electron chi connectivity index (χ4n) is 2.62. The van der Waals surface area contributed by atoms with Crippen molar-refractivity contribution < 1.29 is 4.79 Å². The summed E-state index contributed by atoms with van der Waals surface area (Å²) >= 11 is 0. The van der Waals surface area contributed by atoms with Crippen LogP contribution in [0.1, 0.15) is 27.3 Å². The quantitative estimate of drug-likeness (QED) is 0.805. The molecule has 1 N–H and O–H groups in total. The van der Waals surface area contributed by atoms with Crippen molar-refractivity contribution in [2.75, 3.05) is 5.32 Å². The Morgan fingerprint density at radius 1 is 1.26 bits per heavy atom. The number of carbonyl (C=O) groups is 1. The molecule has 6 heteroatoms. The fourth-order valence-corrected chi connectivity index (χ4v) is 2.62. The van der Waals surface area contributed by atoms with Crippen LogP contribution in [0.2, 0.25) is 0 Å². The lowest BCUT2D eigenvalue weighted by molar-refractivity contribution is 0.102. The second-order valence-electron chi connectivity index (χ2n) is 5.53. The van der Waals surface area contributed by atoms with E-state index in [1.807, 2.05) is 62.1 Å². The van der Waals surface area contributed by atoms with E-state index < -0.39 is 0 Å². The molecule has 0 atom stereocenters. The van der Waals surface area contributed by atoms with E-state index in [2.05, 4.69) is 15.5 Å². The molecule has 0 bridgehead atoms. The zero-order valence-corrected chi connectivity index (χ0v) is 13.4. The molecule has 2 heterocycles. The Kier molecular flexibility index (Phi) is 3.97. The summed E-state index contributed by atoms with van der Waals surface area (Å²) in [5, 5.41) is 11.4. The molecule has 1 aromatic carbocycles. The van der Waals surface area contributed by atoms with Gasteiger partial charge in [-0.2, -0.15) is 10.2 Å². The number of hydrogen-bond acceptors (Lipinski definition) is 3. The molecule has 0 saturated heterocycles. The lowest BCUT2D eigenvalue weighted by atomic mass is 10.1. The zero-order valence-electron chi connectivity index (χ0n) is 13.4. The van der Waals surface area contributed by atoms with Gasteiger partial charge in [0.15, 0.2) is 0 Å². The second-order valence-corrected chi connectivity index (χ2v) is 5.53. The summed E-state index contributed by atoms with van der Waals surface area (Å²) in [4.78, 5) is 12.5. The predicted molar refractivity (Wildman–Crippen MR) is 88.4 cm³/mol. The van der Waals surface area contributed by atoms with Crippen molar-refractivity contribution in [2.45, 2.75) is 20.4 Å². The second kappa shape index (κ2) is 6.08. The molecule has 0 radical (unpaired) electrons. The van der Waals surface area contributed by atoms with Crippen molar-refractivity contribution in [1.82, 2.24) is 19.6 Å². The van der Waals surface area contributed by atoms with Crippen LogP contribution in [-0.2, 0) is 13.6 Å². The maximum absolute atomic E-state index is 12.5. The SMILES string of the molecule is Cc1nn(C)c(C)c1C(=O)Nc1cccc(Cn2cccn2)c1. The highest BCUT2D eigenvalue weighted by Crippen LogP contribution is 2.17. The largest absolute Gasteiger partial charge is 0.322 e. The van der Waals surface area contributed by atoms with Gasteiger partial charge in [0.25, 0.3) is 5.91 Å². The van der Waals surface area contributed by atoms with Crippen LogP contribution in [0.25, 0.3) is 0 Å². The van der Waals surface area contributed by atoms with Crippen molar-refractivity contribution in [1.29, 1.82) is 0 Å². The maximum atomic E-state index is 12.5. The van der Waals surface area contributed by atoms with Crippen molar-refractivity contribution in [3.63, 3.8) is 0 Å². The molecule has 3 rings (SSSR count). The van der Waals surface area contributed by atoms with Crippen LogP contribution < -0.4 is 5.32 Å². The molecular weight excluding hydrogens is 290 g/mol. The first-order valence-corrected chi connectivity index (χ1v) is 7.42. The number of carbonyl (C=O) groups excluding carboxylic acids is 1. The van der Waals surface area contributed by atoms with E-state index in [9.17, 15) is 4.79 Å². The maximum Gasteiger partial charge on any atom is 0.259 e. The van der Waals surface area contributed by atoms with Crippen LogP contribution in [0.5, 0.6) is 0 Å². The molecule has 6 nitrogen and oxygen atoms in total. The first kappa shape index (κ1) is 15.0. The standard InChI is InChI=1S/C17H19N5O/c1-12-16(13(2)21(3)20-12)17(23)19-15-7-4-6-14(10-15)11-22-9-5-8-18-22/h4-10H,11H2,1-3H3,(H,19,23). The molecule has 0 aliphatic heterocycles.